The quantitative estimate of drug-likeness (QED) is 0.307. The molecule has 1 aliphatic heterocycles. The maximum absolute atomic E-state index is 13.7. The summed E-state index contributed by atoms with van der Waals surface area (Å²) >= 11 is 0. The molecule has 3 aliphatic rings. The summed E-state index contributed by atoms with van der Waals surface area (Å²) in [5.74, 6) is -0.880. The molecule has 0 bridgehead atoms. The molecule has 1 unspecified atom stereocenters. The predicted octanol–water partition coefficient (Wildman–Crippen LogP) is 4.54. The van der Waals surface area contributed by atoms with E-state index in [1.807, 2.05) is 85.8 Å². The van der Waals surface area contributed by atoms with E-state index in [9.17, 15) is 15.0 Å². The number of fused-ring (bicyclic) bond motifs is 3. The number of rotatable bonds is 9. The third-order valence-corrected chi connectivity index (χ3v) is 9.38. The molecule has 9 heteroatoms. The molecule has 0 spiro atoms. The highest BCUT2D eigenvalue weighted by molar-refractivity contribution is 5.82. The Bertz CT molecular complexity index is 1590. The van der Waals surface area contributed by atoms with Crippen molar-refractivity contribution in [2.75, 3.05) is 21.3 Å². The first-order chi connectivity index (χ1) is 21.2. The van der Waals surface area contributed by atoms with E-state index in [2.05, 4.69) is 5.48 Å². The minimum Gasteiger partial charge on any atom is -0.497 e. The molecule has 1 heterocycles. The van der Waals surface area contributed by atoms with Gasteiger partial charge in [0.05, 0.1) is 32.8 Å². The number of aliphatic hydroxyl groups excluding tert-OH is 1. The molecule has 3 aromatic carbocycles. The number of hydroxylamine groups is 1. The van der Waals surface area contributed by atoms with Crippen LogP contribution in [-0.4, -0.2) is 49.2 Å². The first-order valence-corrected chi connectivity index (χ1v) is 14.5. The number of benzene rings is 3. The van der Waals surface area contributed by atoms with Crippen LogP contribution in [-0.2, 0) is 26.6 Å². The number of hydrogen-bond acceptors (Lipinski definition) is 8. The molecule has 9 nitrogen and oxygen atoms in total. The second-order valence-electron chi connectivity index (χ2n) is 11.7. The summed E-state index contributed by atoms with van der Waals surface area (Å²) in [6.45, 7) is 2.26. The number of amides is 1. The van der Waals surface area contributed by atoms with Gasteiger partial charge in [0.15, 0.2) is 11.2 Å². The fraction of sp³-hybridized carbons (Fsp3) is 0.343. The maximum Gasteiger partial charge on any atom is 0.250 e. The van der Waals surface area contributed by atoms with Crippen LogP contribution < -0.4 is 19.7 Å². The summed E-state index contributed by atoms with van der Waals surface area (Å²) in [4.78, 5) is 18.7. The highest BCUT2D eigenvalue weighted by atomic mass is 16.6. The molecule has 3 N–H and O–H groups in total. The van der Waals surface area contributed by atoms with Crippen molar-refractivity contribution in [1.82, 2.24) is 5.48 Å². The van der Waals surface area contributed by atoms with Gasteiger partial charge in [-0.1, -0.05) is 73.7 Å². The average molecular weight is 600 g/mol. The van der Waals surface area contributed by atoms with Gasteiger partial charge in [-0.3, -0.25) is 9.63 Å². The van der Waals surface area contributed by atoms with Crippen LogP contribution in [0.2, 0.25) is 0 Å². The Hall–Kier alpha value is -4.31. The number of carbonyl (C=O) groups is 1. The van der Waals surface area contributed by atoms with Crippen molar-refractivity contribution in [1.29, 1.82) is 0 Å². The van der Waals surface area contributed by atoms with Crippen molar-refractivity contribution < 1.29 is 38.8 Å². The Labute approximate surface area is 256 Å². The van der Waals surface area contributed by atoms with Gasteiger partial charge in [0.25, 0.3) is 0 Å². The first kappa shape index (κ1) is 29.7. The summed E-state index contributed by atoms with van der Waals surface area (Å²) in [6, 6.07) is 22.5. The van der Waals surface area contributed by atoms with Crippen molar-refractivity contribution in [3.8, 4) is 17.2 Å². The lowest BCUT2D eigenvalue weighted by molar-refractivity contribution is -0.185. The van der Waals surface area contributed by atoms with Gasteiger partial charge in [0.1, 0.15) is 35.7 Å². The second-order valence-corrected chi connectivity index (χ2v) is 11.7. The molecule has 230 valence electrons. The highest BCUT2D eigenvalue weighted by Gasteiger charge is 2.81. The van der Waals surface area contributed by atoms with Crippen molar-refractivity contribution in [3.63, 3.8) is 0 Å². The standard InChI is InChI=1S/C35H37NO8/c1-33(17-15-24(40-2)16-18-33)35-29(23-13-9-6-10-14-23)28(32(38)36-42-4)31(37)34(35,39)30-26(41-3)19-25(20-27(30)44-35)43-21-22-11-7-5-8-12-22/h5-17,19-20,28-29,31,37,39H,18,21H2,1-4H3,(H,36,38)/t28-,29-,31-,33?,34+,35-/m1/s1. The first-order valence-electron chi connectivity index (χ1n) is 14.5. The van der Waals surface area contributed by atoms with Gasteiger partial charge < -0.3 is 29.2 Å². The van der Waals surface area contributed by atoms with Crippen LogP contribution in [0.3, 0.4) is 0 Å². The summed E-state index contributed by atoms with van der Waals surface area (Å²) in [7, 11) is 4.41. The Morgan fingerprint density at radius 3 is 2.34 bits per heavy atom. The van der Waals surface area contributed by atoms with Gasteiger partial charge in [0, 0.05) is 23.5 Å². The molecular weight excluding hydrogens is 562 g/mol. The predicted molar refractivity (Wildman–Crippen MR) is 162 cm³/mol. The Morgan fingerprint density at radius 2 is 1.73 bits per heavy atom. The van der Waals surface area contributed by atoms with Gasteiger partial charge in [-0.15, -0.1) is 0 Å². The maximum atomic E-state index is 13.7. The number of carbonyl (C=O) groups excluding carboxylic acids is 1. The summed E-state index contributed by atoms with van der Waals surface area (Å²) in [5, 5.41) is 25.4. The summed E-state index contributed by atoms with van der Waals surface area (Å²) < 4.78 is 24.5. The monoisotopic (exact) mass is 599 g/mol. The van der Waals surface area contributed by atoms with Crippen molar-refractivity contribution in [3.05, 3.63) is 113 Å². The molecule has 6 atom stereocenters. The van der Waals surface area contributed by atoms with Crippen molar-refractivity contribution >= 4 is 5.91 Å². The van der Waals surface area contributed by atoms with Crippen LogP contribution in [0.25, 0.3) is 0 Å². The van der Waals surface area contributed by atoms with E-state index in [0.29, 0.717) is 35.8 Å². The largest absolute Gasteiger partial charge is 0.497 e. The van der Waals surface area contributed by atoms with E-state index in [0.717, 1.165) is 5.56 Å². The van der Waals surface area contributed by atoms with E-state index >= 15 is 0 Å². The fourth-order valence-electron chi connectivity index (χ4n) is 7.42. The zero-order chi connectivity index (χ0) is 31.1. The van der Waals surface area contributed by atoms with Crippen molar-refractivity contribution in [2.24, 2.45) is 11.3 Å². The minimum atomic E-state index is -2.11. The molecule has 2 aliphatic carbocycles. The van der Waals surface area contributed by atoms with Crippen LogP contribution in [0.4, 0.5) is 0 Å². The van der Waals surface area contributed by atoms with Crippen LogP contribution >= 0.6 is 0 Å². The molecule has 0 aromatic heterocycles. The number of hydrogen-bond donors (Lipinski definition) is 3. The third kappa shape index (κ3) is 4.29. The normalized spacial score (nSPS) is 30.0. The van der Waals surface area contributed by atoms with Crippen molar-refractivity contribution in [2.45, 2.75) is 43.2 Å². The average Bonchev–Trinajstić information content (AvgIpc) is 3.44. The SMILES string of the molecule is CONC(=O)[C@@H]1[C@@H](c2ccccc2)[C@]2(C3(C)C=CC(OC)=CC3)Oc3cc(OCc4ccccc4)cc(OC)c3[C@]2(O)[C@@H]1O. The molecule has 3 aromatic rings. The molecule has 1 fully saturated rings. The number of methoxy groups -OCH3 is 2. The second kappa shape index (κ2) is 11.3. The zero-order valence-corrected chi connectivity index (χ0v) is 25.2. The van der Waals surface area contributed by atoms with Gasteiger partial charge in [-0.25, -0.2) is 5.48 Å². The Kier molecular flexibility index (Phi) is 7.65. The van der Waals surface area contributed by atoms with Crippen LogP contribution in [0.1, 0.15) is 36.0 Å². The van der Waals surface area contributed by atoms with Crippen LogP contribution in [0.15, 0.2) is 96.8 Å². The molecule has 44 heavy (non-hydrogen) atoms. The molecule has 1 saturated carbocycles. The molecule has 0 saturated heterocycles. The van der Waals surface area contributed by atoms with Gasteiger partial charge in [-0.2, -0.15) is 0 Å². The Morgan fingerprint density at radius 1 is 1.02 bits per heavy atom. The Balaban J connectivity index is 1.57. The lowest BCUT2D eigenvalue weighted by atomic mass is 9.57. The van der Waals surface area contributed by atoms with E-state index in [4.69, 9.17) is 23.8 Å². The topological polar surface area (TPSA) is 116 Å². The smallest absolute Gasteiger partial charge is 0.250 e. The number of ether oxygens (including phenoxy) is 4. The zero-order valence-electron chi connectivity index (χ0n) is 25.2. The third-order valence-electron chi connectivity index (χ3n) is 9.38. The van der Waals surface area contributed by atoms with E-state index in [1.54, 1.807) is 19.2 Å². The lowest BCUT2D eigenvalue weighted by Crippen LogP contribution is -2.63. The summed E-state index contributed by atoms with van der Waals surface area (Å²) in [6.07, 6.45) is 4.45. The number of allylic oxidation sites excluding steroid dienone is 2. The fourth-order valence-corrected chi connectivity index (χ4v) is 7.42. The van der Waals surface area contributed by atoms with E-state index in [-0.39, 0.29) is 11.3 Å². The van der Waals surface area contributed by atoms with Gasteiger partial charge in [-0.05, 0) is 29.7 Å². The van der Waals surface area contributed by atoms with Gasteiger partial charge in [0.2, 0.25) is 5.91 Å². The van der Waals surface area contributed by atoms with Gasteiger partial charge >= 0.3 is 0 Å². The van der Waals surface area contributed by atoms with E-state index < -0.39 is 40.5 Å². The van der Waals surface area contributed by atoms with E-state index in [1.165, 1.54) is 14.2 Å². The lowest BCUT2D eigenvalue weighted by Gasteiger charge is -2.51. The minimum absolute atomic E-state index is 0.254. The van der Waals surface area contributed by atoms with Crippen LogP contribution in [0.5, 0.6) is 17.2 Å². The van der Waals surface area contributed by atoms with Crippen LogP contribution in [0, 0.1) is 11.3 Å². The molecular formula is C35H37NO8. The summed E-state index contributed by atoms with van der Waals surface area (Å²) in [5.41, 5.74) is -0.325. The highest BCUT2D eigenvalue weighted by Crippen LogP contribution is 2.72. The number of nitrogens with one attached hydrogen (secondary N) is 1. The molecule has 6 rings (SSSR count). The molecule has 1 amide bonds. The molecule has 0 radical (unpaired) electrons. The number of aliphatic hydroxyl groups is 2.